The Kier molecular flexibility index (Phi) is 3.92. The number of aromatic amines is 2. The highest BCUT2D eigenvalue weighted by Gasteiger charge is 2.28. The van der Waals surface area contributed by atoms with Crippen molar-refractivity contribution in [2.24, 2.45) is 0 Å². The summed E-state index contributed by atoms with van der Waals surface area (Å²) < 4.78 is 5.41. The number of H-pyrrole nitrogens is 2. The van der Waals surface area contributed by atoms with Gasteiger partial charge >= 0.3 is 0 Å². The van der Waals surface area contributed by atoms with Gasteiger partial charge in [0.2, 0.25) is 0 Å². The molecule has 0 amide bonds. The van der Waals surface area contributed by atoms with Crippen LogP contribution in [0.2, 0.25) is 5.02 Å². The summed E-state index contributed by atoms with van der Waals surface area (Å²) in [4.78, 5) is 3.61. The molecule has 0 saturated carbocycles. The molecule has 0 bridgehead atoms. The van der Waals surface area contributed by atoms with E-state index in [1.807, 2.05) is 36.5 Å². The Bertz CT molecular complexity index is 1110. The Morgan fingerprint density at radius 1 is 1.15 bits per heavy atom. The van der Waals surface area contributed by atoms with Gasteiger partial charge in [-0.15, -0.1) is 0 Å². The molecule has 1 aliphatic heterocycles. The number of hydrogen-bond donors (Lipinski definition) is 3. The molecule has 4 aromatic rings. The Balaban J connectivity index is 1.63. The van der Waals surface area contributed by atoms with Crippen LogP contribution in [-0.2, 0) is 6.42 Å². The molecular formula is C21H19ClN4O. The molecule has 0 spiro atoms. The Labute approximate surface area is 161 Å². The number of nitrogens with one attached hydrogen (secondary N) is 3. The van der Waals surface area contributed by atoms with Crippen molar-refractivity contribution in [2.45, 2.75) is 12.5 Å². The lowest BCUT2D eigenvalue weighted by Crippen LogP contribution is -2.30. The lowest BCUT2D eigenvalue weighted by molar-refractivity contribution is 0.415. The predicted octanol–water partition coefficient (Wildman–Crippen LogP) is 4.46. The smallest absolute Gasteiger partial charge is 0.119 e. The monoisotopic (exact) mass is 378 g/mol. The van der Waals surface area contributed by atoms with Crippen molar-refractivity contribution < 1.29 is 4.74 Å². The largest absolute Gasteiger partial charge is 0.497 e. The number of rotatable bonds is 3. The second-order valence-electron chi connectivity index (χ2n) is 6.77. The van der Waals surface area contributed by atoms with Crippen molar-refractivity contribution in [1.29, 1.82) is 0 Å². The summed E-state index contributed by atoms with van der Waals surface area (Å²) in [6, 6.07) is 14.1. The summed E-state index contributed by atoms with van der Waals surface area (Å²) in [6.45, 7) is 0.910. The van der Waals surface area contributed by atoms with Crippen LogP contribution < -0.4 is 10.1 Å². The molecule has 0 aliphatic carbocycles. The standard InChI is InChI=1S/C21H19ClN4O/c1-27-14-6-7-18-16(10-14)15-8-9-23-20(21(15)25-18)17-11-24-26-19(17)12-2-4-13(22)5-3-12/h2-7,10-11,20,23,25H,8-9H2,1H3,(H,24,26)/t20-/m1/s1. The van der Waals surface area contributed by atoms with E-state index < -0.39 is 0 Å². The molecule has 3 heterocycles. The van der Waals surface area contributed by atoms with E-state index in [1.54, 1.807) is 7.11 Å². The maximum atomic E-state index is 6.04. The molecule has 0 radical (unpaired) electrons. The van der Waals surface area contributed by atoms with Crippen LogP contribution in [0.15, 0.2) is 48.7 Å². The van der Waals surface area contributed by atoms with Gasteiger partial charge < -0.3 is 15.0 Å². The van der Waals surface area contributed by atoms with Crippen molar-refractivity contribution in [2.75, 3.05) is 13.7 Å². The number of methoxy groups -OCH3 is 1. The Hall–Kier alpha value is -2.76. The van der Waals surface area contributed by atoms with Crippen molar-refractivity contribution >= 4 is 22.5 Å². The summed E-state index contributed by atoms with van der Waals surface area (Å²) in [7, 11) is 1.70. The summed E-state index contributed by atoms with van der Waals surface area (Å²) in [5.74, 6) is 0.879. The van der Waals surface area contributed by atoms with Gasteiger partial charge in [-0.25, -0.2) is 0 Å². The highest BCUT2D eigenvalue weighted by molar-refractivity contribution is 6.30. The number of nitrogens with zero attached hydrogens (tertiary/aromatic N) is 1. The average Bonchev–Trinajstić information content (AvgIpc) is 3.32. The fourth-order valence-corrected chi connectivity index (χ4v) is 4.09. The molecule has 3 N–H and O–H groups in total. The first-order valence-electron chi connectivity index (χ1n) is 8.95. The van der Waals surface area contributed by atoms with Crippen LogP contribution >= 0.6 is 11.6 Å². The zero-order valence-corrected chi connectivity index (χ0v) is 15.6. The number of ether oxygens (including phenoxy) is 1. The first kappa shape index (κ1) is 16.4. The number of benzene rings is 2. The molecule has 136 valence electrons. The zero-order valence-electron chi connectivity index (χ0n) is 14.8. The zero-order chi connectivity index (χ0) is 18.4. The molecular weight excluding hydrogens is 360 g/mol. The number of aromatic nitrogens is 3. The summed E-state index contributed by atoms with van der Waals surface area (Å²) >= 11 is 6.04. The first-order chi connectivity index (χ1) is 13.2. The van der Waals surface area contributed by atoms with E-state index in [2.05, 4.69) is 32.6 Å². The number of hydrogen-bond acceptors (Lipinski definition) is 3. The lowest BCUT2D eigenvalue weighted by Gasteiger charge is -2.24. The molecule has 2 aromatic heterocycles. The van der Waals surface area contributed by atoms with Gasteiger partial charge in [0.15, 0.2) is 0 Å². The van der Waals surface area contributed by atoms with E-state index in [0.29, 0.717) is 0 Å². The van der Waals surface area contributed by atoms with Gasteiger partial charge in [0.05, 0.1) is 25.0 Å². The van der Waals surface area contributed by atoms with Gasteiger partial charge in [-0.1, -0.05) is 23.7 Å². The molecule has 5 rings (SSSR count). The van der Waals surface area contributed by atoms with Gasteiger partial charge in [-0.05, 0) is 47.9 Å². The van der Waals surface area contributed by atoms with Crippen LogP contribution in [0.4, 0.5) is 0 Å². The maximum Gasteiger partial charge on any atom is 0.119 e. The molecule has 27 heavy (non-hydrogen) atoms. The number of fused-ring (bicyclic) bond motifs is 3. The second kappa shape index (κ2) is 6.44. The van der Waals surface area contributed by atoms with E-state index in [-0.39, 0.29) is 6.04 Å². The van der Waals surface area contributed by atoms with Crippen molar-refractivity contribution in [3.63, 3.8) is 0 Å². The molecule has 5 nitrogen and oxygen atoms in total. The highest BCUT2D eigenvalue weighted by atomic mass is 35.5. The predicted molar refractivity (Wildman–Crippen MR) is 107 cm³/mol. The van der Waals surface area contributed by atoms with Crippen LogP contribution in [0.5, 0.6) is 5.75 Å². The van der Waals surface area contributed by atoms with Crippen LogP contribution in [0.25, 0.3) is 22.2 Å². The third kappa shape index (κ3) is 2.71. The molecule has 0 unspecified atom stereocenters. The van der Waals surface area contributed by atoms with E-state index in [4.69, 9.17) is 16.3 Å². The minimum atomic E-state index is 0.0524. The second-order valence-corrected chi connectivity index (χ2v) is 7.21. The van der Waals surface area contributed by atoms with E-state index in [1.165, 1.54) is 16.6 Å². The molecule has 1 atom stereocenters. The van der Waals surface area contributed by atoms with Crippen molar-refractivity contribution in [1.82, 2.24) is 20.5 Å². The third-order valence-corrected chi connectivity index (χ3v) is 5.52. The van der Waals surface area contributed by atoms with E-state index >= 15 is 0 Å². The first-order valence-corrected chi connectivity index (χ1v) is 9.33. The van der Waals surface area contributed by atoms with Gasteiger partial charge in [-0.2, -0.15) is 5.10 Å². The SMILES string of the molecule is COc1ccc2[nH]c3c(c2c1)CCN[C@@H]3c1cn[nH]c1-c1ccc(Cl)cc1. The third-order valence-electron chi connectivity index (χ3n) is 5.27. The van der Waals surface area contributed by atoms with Crippen molar-refractivity contribution in [3.8, 4) is 17.0 Å². The maximum absolute atomic E-state index is 6.04. The topological polar surface area (TPSA) is 65.7 Å². The van der Waals surface area contributed by atoms with Crippen LogP contribution in [0, 0.1) is 0 Å². The van der Waals surface area contributed by atoms with E-state index in [9.17, 15) is 0 Å². The Morgan fingerprint density at radius 3 is 2.81 bits per heavy atom. The van der Waals surface area contributed by atoms with Gasteiger partial charge in [0, 0.05) is 33.7 Å². The summed E-state index contributed by atoms with van der Waals surface area (Å²) in [5, 5.41) is 13.1. The van der Waals surface area contributed by atoms with Gasteiger partial charge in [-0.3, -0.25) is 5.10 Å². The van der Waals surface area contributed by atoms with Crippen LogP contribution in [0.3, 0.4) is 0 Å². The Morgan fingerprint density at radius 2 is 2.00 bits per heavy atom. The number of halogens is 1. The lowest BCUT2D eigenvalue weighted by atomic mass is 9.93. The van der Waals surface area contributed by atoms with Crippen LogP contribution in [0.1, 0.15) is 22.9 Å². The minimum absolute atomic E-state index is 0.0524. The van der Waals surface area contributed by atoms with Crippen molar-refractivity contribution in [3.05, 3.63) is 70.5 Å². The molecule has 1 aliphatic rings. The van der Waals surface area contributed by atoms with Gasteiger partial charge in [0.25, 0.3) is 0 Å². The average molecular weight is 379 g/mol. The fraction of sp³-hybridized carbons (Fsp3) is 0.190. The fourth-order valence-electron chi connectivity index (χ4n) is 3.96. The quantitative estimate of drug-likeness (QED) is 0.493. The summed E-state index contributed by atoms with van der Waals surface area (Å²) in [6.07, 6.45) is 2.88. The molecule has 2 aromatic carbocycles. The normalized spacial score (nSPS) is 16.4. The van der Waals surface area contributed by atoms with Gasteiger partial charge in [0.1, 0.15) is 5.75 Å². The molecule has 6 heteroatoms. The molecule has 0 saturated heterocycles. The molecule has 0 fully saturated rings. The highest BCUT2D eigenvalue weighted by Crippen LogP contribution is 2.37. The minimum Gasteiger partial charge on any atom is -0.497 e. The summed E-state index contributed by atoms with van der Waals surface area (Å²) in [5.41, 5.74) is 6.87. The van der Waals surface area contributed by atoms with Crippen LogP contribution in [-0.4, -0.2) is 28.8 Å². The van der Waals surface area contributed by atoms with E-state index in [0.717, 1.165) is 46.1 Å².